The number of aromatic nitrogens is 6. The van der Waals surface area contributed by atoms with Gasteiger partial charge < -0.3 is 19.8 Å². The van der Waals surface area contributed by atoms with Crippen LogP contribution in [0.3, 0.4) is 0 Å². The minimum atomic E-state index is -0.970. The summed E-state index contributed by atoms with van der Waals surface area (Å²) in [6.45, 7) is 3.89. The van der Waals surface area contributed by atoms with Crippen molar-refractivity contribution in [2.45, 2.75) is 51.2 Å². The molecule has 0 bridgehead atoms. The number of carbonyl (C=O) groups is 2. The fourth-order valence-corrected chi connectivity index (χ4v) is 5.44. The first-order valence-corrected chi connectivity index (χ1v) is 15.2. The molecule has 230 valence electrons. The lowest BCUT2D eigenvalue weighted by molar-refractivity contribution is -0.118. The summed E-state index contributed by atoms with van der Waals surface area (Å²) in [5.74, 6) is -0.0644. The number of benzene rings is 2. The Morgan fingerprint density at radius 2 is 1.73 bits per heavy atom. The molecule has 2 aromatic carbocycles. The molecular weight excluding hydrogens is 592 g/mol. The van der Waals surface area contributed by atoms with E-state index in [1.165, 1.54) is 16.9 Å². The molecule has 0 radical (unpaired) electrons. The van der Waals surface area contributed by atoms with Gasteiger partial charge in [-0.15, -0.1) is 10.2 Å². The van der Waals surface area contributed by atoms with E-state index in [2.05, 4.69) is 30.5 Å². The number of amides is 2. The van der Waals surface area contributed by atoms with Crippen molar-refractivity contribution in [3.8, 4) is 22.5 Å². The van der Waals surface area contributed by atoms with Gasteiger partial charge in [0.25, 0.3) is 11.5 Å². The Hall–Kier alpha value is -5.03. The highest BCUT2D eigenvalue weighted by Gasteiger charge is 2.27. The van der Waals surface area contributed by atoms with Gasteiger partial charge in [-0.05, 0) is 91.9 Å². The van der Waals surface area contributed by atoms with Gasteiger partial charge in [0.2, 0.25) is 5.91 Å². The molecule has 0 saturated heterocycles. The minimum Gasteiger partial charge on any atom is -0.339 e. The Morgan fingerprint density at radius 3 is 2.42 bits per heavy atom. The summed E-state index contributed by atoms with van der Waals surface area (Å²) in [7, 11) is 1.66. The quantitative estimate of drug-likeness (QED) is 0.224. The first kappa shape index (κ1) is 30.0. The Bertz CT molecular complexity index is 1920. The van der Waals surface area contributed by atoms with Gasteiger partial charge in [0.15, 0.2) is 5.82 Å². The molecule has 1 saturated carbocycles. The minimum absolute atomic E-state index is 0.00908. The molecule has 2 N–H and O–H groups in total. The van der Waals surface area contributed by atoms with Crippen LogP contribution in [0.2, 0.25) is 5.02 Å². The van der Waals surface area contributed by atoms with E-state index < -0.39 is 17.9 Å². The van der Waals surface area contributed by atoms with Gasteiger partial charge in [0.1, 0.15) is 18.1 Å². The third kappa shape index (κ3) is 6.58. The second-order valence-corrected chi connectivity index (χ2v) is 11.9. The van der Waals surface area contributed by atoms with E-state index in [0.717, 1.165) is 35.4 Å². The zero-order valence-electron chi connectivity index (χ0n) is 25.1. The van der Waals surface area contributed by atoms with Crippen molar-refractivity contribution in [3.05, 3.63) is 106 Å². The van der Waals surface area contributed by atoms with E-state index >= 15 is 0 Å². The van der Waals surface area contributed by atoms with Crippen LogP contribution in [0.1, 0.15) is 54.8 Å². The monoisotopic (exact) mass is 624 g/mol. The number of halogens is 1. The average Bonchev–Trinajstić information content (AvgIpc) is 3.58. The Labute approximate surface area is 264 Å². The summed E-state index contributed by atoms with van der Waals surface area (Å²) in [6.07, 6.45) is 7.43. The summed E-state index contributed by atoms with van der Waals surface area (Å²) >= 11 is 6.64. The largest absolute Gasteiger partial charge is 0.339 e. The van der Waals surface area contributed by atoms with Crippen LogP contribution in [0.25, 0.3) is 22.5 Å². The standard InChI is InChI=1S/C33H33ClN8O3/c1-20(2)41-18-23(7-13-30(41)43)22-6-12-27(34)24(16-22)17-28(38-33(45)29-14-15-36-40(29)3)32(44)37-25-8-4-21(5-9-25)31-39-35-19-42(31)26-10-11-26/h4-9,12-16,18-20,26,28H,10-11,17H2,1-3H3,(H,37,44)(H,38,45). The van der Waals surface area contributed by atoms with Gasteiger partial charge in [-0.2, -0.15) is 5.10 Å². The third-order valence-electron chi connectivity index (χ3n) is 7.90. The smallest absolute Gasteiger partial charge is 0.270 e. The van der Waals surface area contributed by atoms with Crippen molar-refractivity contribution in [3.63, 3.8) is 0 Å². The van der Waals surface area contributed by atoms with Crippen molar-refractivity contribution in [1.82, 2.24) is 34.4 Å². The lowest BCUT2D eigenvalue weighted by atomic mass is 9.99. The van der Waals surface area contributed by atoms with E-state index in [1.54, 1.807) is 48.3 Å². The zero-order chi connectivity index (χ0) is 31.7. The van der Waals surface area contributed by atoms with E-state index in [-0.39, 0.29) is 18.0 Å². The van der Waals surface area contributed by atoms with Crippen LogP contribution >= 0.6 is 11.6 Å². The highest BCUT2D eigenvalue weighted by Crippen LogP contribution is 2.37. The number of anilines is 1. The molecule has 5 aromatic rings. The Morgan fingerprint density at radius 1 is 1.00 bits per heavy atom. The number of aryl methyl sites for hydroxylation is 1. The molecule has 1 unspecified atom stereocenters. The van der Waals surface area contributed by atoms with Crippen LogP contribution in [0.4, 0.5) is 5.69 Å². The van der Waals surface area contributed by atoms with Crippen LogP contribution in [-0.4, -0.2) is 47.0 Å². The third-order valence-corrected chi connectivity index (χ3v) is 8.27. The number of carbonyl (C=O) groups excluding carboxylic acids is 2. The molecule has 3 heterocycles. The van der Waals surface area contributed by atoms with Crippen molar-refractivity contribution in [1.29, 1.82) is 0 Å². The normalized spacial score (nSPS) is 13.5. The SMILES string of the molecule is CC(C)n1cc(-c2ccc(Cl)c(CC(NC(=O)c3ccnn3C)C(=O)Nc3ccc(-c4nncn4C4CC4)cc3)c2)ccc1=O. The van der Waals surface area contributed by atoms with Crippen LogP contribution < -0.4 is 16.2 Å². The zero-order valence-corrected chi connectivity index (χ0v) is 25.9. The van der Waals surface area contributed by atoms with Crippen molar-refractivity contribution in [2.75, 3.05) is 5.32 Å². The van der Waals surface area contributed by atoms with Crippen molar-refractivity contribution < 1.29 is 9.59 Å². The lowest BCUT2D eigenvalue weighted by Gasteiger charge is -2.20. The second-order valence-electron chi connectivity index (χ2n) is 11.5. The Balaban J connectivity index is 1.26. The lowest BCUT2D eigenvalue weighted by Crippen LogP contribution is -2.45. The summed E-state index contributed by atoms with van der Waals surface area (Å²) in [5.41, 5.74) is 4.01. The van der Waals surface area contributed by atoms with E-state index in [4.69, 9.17) is 11.6 Å². The molecular formula is C33H33ClN8O3. The van der Waals surface area contributed by atoms with Crippen molar-refractivity contribution in [2.24, 2.45) is 7.05 Å². The summed E-state index contributed by atoms with van der Waals surface area (Å²) < 4.78 is 5.18. The highest BCUT2D eigenvalue weighted by atomic mass is 35.5. The number of nitrogens with one attached hydrogen (secondary N) is 2. The summed E-state index contributed by atoms with van der Waals surface area (Å²) in [6, 6.07) is 17.2. The van der Waals surface area contributed by atoms with E-state index in [9.17, 15) is 14.4 Å². The summed E-state index contributed by atoms with van der Waals surface area (Å²) in [5, 5.41) is 18.7. The molecule has 6 rings (SSSR count). The molecule has 2 amide bonds. The van der Waals surface area contributed by atoms with Gasteiger partial charge in [0, 0.05) is 60.3 Å². The topological polar surface area (TPSA) is 129 Å². The molecule has 11 nitrogen and oxygen atoms in total. The van der Waals surface area contributed by atoms with Crippen LogP contribution in [0.5, 0.6) is 0 Å². The Kier molecular flexibility index (Phi) is 8.36. The van der Waals surface area contributed by atoms with Gasteiger partial charge >= 0.3 is 0 Å². The molecule has 0 spiro atoms. The van der Waals surface area contributed by atoms with E-state index in [0.29, 0.717) is 28.0 Å². The number of nitrogens with zero attached hydrogens (tertiary/aromatic N) is 6. The molecule has 0 aliphatic heterocycles. The van der Waals surface area contributed by atoms with Gasteiger partial charge in [-0.25, -0.2) is 0 Å². The van der Waals surface area contributed by atoms with Crippen LogP contribution in [-0.2, 0) is 18.3 Å². The van der Waals surface area contributed by atoms with Gasteiger partial charge in [0.05, 0.1) is 0 Å². The average molecular weight is 625 g/mol. The number of hydrogen-bond donors (Lipinski definition) is 2. The number of rotatable bonds is 10. The van der Waals surface area contributed by atoms with Gasteiger partial charge in [-0.3, -0.25) is 19.1 Å². The maximum atomic E-state index is 13.7. The molecule has 3 aromatic heterocycles. The molecule has 45 heavy (non-hydrogen) atoms. The number of hydrogen-bond acceptors (Lipinski definition) is 6. The first-order chi connectivity index (χ1) is 21.7. The fraction of sp³-hybridized carbons (Fsp3) is 0.273. The predicted molar refractivity (Wildman–Crippen MR) is 172 cm³/mol. The van der Waals surface area contributed by atoms with E-state index in [1.807, 2.05) is 44.3 Å². The van der Waals surface area contributed by atoms with Crippen LogP contribution in [0, 0.1) is 0 Å². The maximum Gasteiger partial charge on any atom is 0.270 e. The second kappa shape index (κ2) is 12.5. The molecule has 1 atom stereocenters. The highest BCUT2D eigenvalue weighted by molar-refractivity contribution is 6.31. The fourth-order valence-electron chi connectivity index (χ4n) is 5.25. The maximum absolute atomic E-state index is 13.7. The molecule has 1 fully saturated rings. The van der Waals surface area contributed by atoms with Crippen LogP contribution in [0.15, 0.2) is 84.2 Å². The number of pyridine rings is 1. The first-order valence-electron chi connectivity index (χ1n) is 14.8. The molecule has 1 aliphatic carbocycles. The van der Waals surface area contributed by atoms with Crippen molar-refractivity contribution >= 4 is 29.1 Å². The summed E-state index contributed by atoms with van der Waals surface area (Å²) in [4.78, 5) is 39.3. The predicted octanol–water partition coefficient (Wildman–Crippen LogP) is 5.06. The molecule has 1 aliphatic rings. The van der Waals surface area contributed by atoms with Gasteiger partial charge in [-0.1, -0.05) is 17.7 Å². The molecule has 12 heteroatoms.